The van der Waals surface area contributed by atoms with Crippen LogP contribution in [0.15, 0.2) is 53.7 Å². The van der Waals surface area contributed by atoms with E-state index >= 15 is 0 Å². The molecule has 4 nitrogen and oxygen atoms in total. The number of nitrogens with one attached hydrogen (secondary N) is 1. The van der Waals surface area contributed by atoms with Gasteiger partial charge in [0.25, 0.3) is 0 Å². The van der Waals surface area contributed by atoms with Crippen LogP contribution in [0.3, 0.4) is 0 Å². The number of rotatable bonds is 5. The lowest BCUT2D eigenvalue weighted by Crippen LogP contribution is -2.43. The minimum Gasteiger partial charge on any atom is -0.371 e. The van der Waals surface area contributed by atoms with E-state index in [1.165, 1.54) is 17.3 Å². The molecule has 24 heavy (non-hydrogen) atoms. The number of amides is 1. The number of thioether (sulfide) groups is 1. The van der Waals surface area contributed by atoms with Gasteiger partial charge in [-0.15, -0.1) is 11.8 Å². The van der Waals surface area contributed by atoms with Crippen molar-refractivity contribution in [2.75, 3.05) is 12.4 Å². The minimum atomic E-state index is -0.0609. The average Bonchev–Trinajstić information content (AvgIpc) is 2.62. The molecule has 3 rings (SSSR count). The molecule has 1 saturated heterocycles. The maximum Gasteiger partial charge on any atom is 0.230 e. The van der Waals surface area contributed by atoms with E-state index in [1.54, 1.807) is 12.4 Å². The van der Waals surface area contributed by atoms with Crippen molar-refractivity contribution in [1.29, 1.82) is 0 Å². The zero-order valence-electron chi connectivity index (χ0n) is 13.8. The van der Waals surface area contributed by atoms with E-state index in [1.807, 2.05) is 12.1 Å². The van der Waals surface area contributed by atoms with Gasteiger partial charge in [0.05, 0.1) is 11.8 Å². The molecular formula is C19H22N2O2S. The molecule has 1 aromatic heterocycles. The fraction of sp³-hybridized carbons (Fsp3) is 0.368. The monoisotopic (exact) mass is 342 g/mol. The number of nitrogens with zero attached hydrogens (tertiary/aromatic N) is 1. The van der Waals surface area contributed by atoms with Crippen molar-refractivity contribution in [1.82, 2.24) is 10.3 Å². The first kappa shape index (κ1) is 17.0. The summed E-state index contributed by atoms with van der Waals surface area (Å²) in [7, 11) is 0. The number of pyridine rings is 1. The quantitative estimate of drug-likeness (QED) is 0.845. The second-order valence-electron chi connectivity index (χ2n) is 5.99. The van der Waals surface area contributed by atoms with Crippen LogP contribution in [0.2, 0.25) is 0 Å². The summed E-state index contributed by atoms with van der Waals surface area (Å²) in [6.45, 7) is 2.82. The van der Waals surface area contributed by atoms with E-state index in [2.05, 4.69) is 41.5 Å². The van der Waals surface area contributed by atoms with Crippen LogP contribution in [0.1, 0.15) is 30.1 Å². The van der Waals surface area contributed by atoms with Crippen molar-refractivity contribution in [2.24, 2.45) is 0 Å². The van der Waals surface area contributed by atoms with Gasteiger partial charge in [0.2, 0.25) is 5.91 Å². The van der Waals surface area contributed by atoms with Crippen LogP contribution in [0.4, 0.5) is 0 Å². The van der Waals surface area contributed by atoms with Crippen molar-refractivity contribution in [3.63, 3.8) is 0 Å². The van der Waals surface area contributed by atoms with Crippen molar-refractivity contribution < 1.29 is 9.53 Å². The Morgan fingerprint density at radius 3 is 2.75 bits per heavy atom. The Morgan fingerprint density at radius 2 is 2.00 bits per heavy atom. The molecule has 126 valence electrons. The van der Waals surface area contributed by atoms with Crippen LogP contribution in [0.5, 0.6) is 0 Å². The van der Waals surface area contributed by atoms with Gasteiger partial charge < -0.3 is 10.1 Å². The third kappa shape index (κ3) is 4.58. The Morgan fingerprint density at radius 1 is 1.25 bits per heavy atom. The molecule has 0 saturated carbocycles. The summed E-state index contributed by atoms with van der Waals surface area (Å²) in [6, 6.07) is 12.2. The number of hydrogen-bond acceptors (Lipinski definition) is 4. The van der Waals surface area contributed by atoms with E-state index in [4.69, 9.17) is 4.74 Å². The summed E-state index contributed by atoms with van der Waals surface area (Å²) in [4.78, 5) is 17.3. The summed E-state index contributed by atoms with van der Waals surface area (Å²) in [5, 5.41) is 3.15. The Balaban J connectivity index is 1.59. The van der Waals surface area contributed by atoms with Crippen LogP contribution in [0.25, 0.3) is 0 Å². The van der Waals surface area contributed by atoms with Gasteiger partial charge in [-0.2, -0.15) is 0 Å². The lowest BCUT2D eigenvalue weighted by atomic mass is 9.95. The van der Waals surface area contributed by atoms with E-state index in [0.717, 1.165) is 29.9 Å². The standard InChI is InChI=1S/C19H22N2O2S/c1-14-4-6-15(7-5-14)19-17(3-2-12-23-19)21-18(22)13-24-16-8-10-20-11-9-16/h4-11,17,19H,2-3,12-13H2,1H3,(H,21,22)/t17-,19+/m0/s1. The zero-order chi connectivity index (χ0) is 16.8. The topological polar surface area (TPSA) is 51.2 Å². The van der Waals surface area contributed by atoms with Gasteiger partial charge in [-0.3, -0.25) is 9.78 Å². The lowest BCUT2D eigenvalue weighted by Gasteiger charge is -2.32. The van der Waals surface area contributed by atoms with E-state index in [-0.39, 0.29) is 18.1 Å². The third-order valence-corrected chi connectivity index (χ3v) is 5.11. The number of carbonyl (C=O) groups is 1. The van der Waals surface area contributed by atoms with Crippen molar-refractivity contribution in [2.45, 2.75) is 36.8 Å². The van der Waals surface area contributed by atoms with Gasteiger partial charge in [0, 0.05) is 23.9 Å². The molecule has 0 unspecified atom stereocenters. The van der Waals surface area contributed by atoms with E-state index in [0.29, 0.717) is 5.75 Å². The van der Waals surface area contributed by atoms with Gasteiger partial charge in [-0.1, -0.05) is 29.8 Å². The molecular weight excluding hydrogens is 320 g/mol. The van der Waals surface area contributed by atoms with E-state index in [9.17, 15) is 4.79 Å². The fourth-order valence-corrected chi connectivity index (χ4v) is 3.54. The van der Waals surface area contributed by atoms with Crippen molar-refractivity contribution in [3.8, 4) is 0 Å². The van der Waals surface area contributed by atoms with Crippen LogP contribution < -0.4 is 5.32 Å². The predicted octanol–water partition coefficient (Wildman–Crippen LogP) is 3.52. The van der Waals surface area contributed by atoms with Crippen LogP contribution in [0, 0.1) is 6.92 Å². The van der Waals surface area contributed by atoms with Gasteiger partial charge in [-0.05, 0) is 37.5 Å². The number of ether oxygens (including phenoxy) is 1. The van der Waals surface area contributed by atoms with Gasteiger partial charge in [0.1, 0.15) is 6.10 Å². The van der Waals surface area contributed by atoms with Crippen LogP contribution >= 0.6 is 11.8 Å². The van der Waals surface area contributed by atoms with Crippen LogP contribution in [-0.2, 0) is 9.53 Å². The Bertz CT molecular complexity index is 661. The Kier molecular flexibility index (Phi) is 5.88. The minimum absolute atomic E-state index is 0.0343. The molecule has 2 aromatic rings. The molecule has 1 fully saturated rings. The summed E-state index contributed by atoms with van der Waals surface area (Å²) in [5.74, 6) is 0.450. The fourth-order valence-electron chi connectivity index (χ4n) is 2.85. The molecule has 1 N–H and O–H groups in total. The first-order valence-corrected chi connectivity index (χ1v) is 9.21. The lowest BCUT2D eigenvalue weighted by molar-refractivity contribution is -0.121. The first-order chi connectivity index (χ1) is 11.7. The molecule has 5 heteroatoms. The van der Waals surface area contributed by atoms with Gasteiger partial charge in [-0.25, -0.2) is 0 Å². The number of carbonyl (C=O) groups excluding carboxylic acids is 1. The molecule has 0 aliphatic carbocycles. The molecule has 0 spiro atoms. The normalized spacial score (nSPS) is 20.5. The molecule has 1 amide bonds. The SMILES string of the molecule is Cc1ccc([C@H]2OCCC[C@@H]2NC(=O)CSc2ccncc2)cc1. The zero-order valence-corrected chi connectivity index (χ0v) is 14.6. The summed E-state index contributed by atoms with van der Waals surface area (Å²) in [6.07, 6.45) is 5.34. The maximum atomic E-state index is 12.3. The first-order valence-electron chi connectivity index (χ1n) is 8.23. The van der Waals surface area contributed by atoms with Crippen LogP contribution in [-0.4, -0.2) is 29.3 Å². The number of aryl methyl sites for hydroxylation is 1. The molecule has 1 aliphatic rings. The molecule has 1 aromatic carbocycles. The van der Waals surface area contributed by atoms with Gasteiger partial charge >= 0.3 is 0 Å². The second-order valence-corrected chi connectivity index (χ2v) is 7.04. The second kappa shape index (κ2) is 8.31. The highest BCUT2D eigenvalue weighted by atomic mass is 32.2. The highest BCUT2D eigenvalue weighted by Gasteiger charge is 2.28. The van der Waals surface area contributed by atoms with Crippen molar-refractivity contribution >= 4 is 17.7 Å². The highest BCUT2D eigenvalue weighted by molar-refractivity contribution is 8.00. The molecule has 2 heterocycles. The number of benzene rings is 1. The smallest absolute Gasteiger partial charge is 0.230 e. The van der Waals surface area contributed by atoms with Crippen molar-refractivity contribution in [3.05, 3.63) is 59.9 Å². The number of aromatic nitrogens is 1. The largest absolute Gasteiger partial charge is 0.371 e. The molecule has 0 radical (unpaired) electrons. The summed E-state index contributed by atoms with van der Waals surface area (Å²) in [5.41, 5.74) is 2.36. The summed E-state index contributed by atoms with van der Waals surface area (Å²) < 4.78 is 5.95. The van der Waals surface area contributed by atoms with E-state index < -0.39 is 0 Å². The Hall–Kier alpha value is -1.85. The molecule has 2 atom stereocenters. The predicted molar refractivity (Wildman–Crippen MR) is 96.0 cm³/mol. The van der Waals surface area contributed by atoms with Gasteiger partial charge in [0.15, 0.2) is 0 Å². The highest BCUT2D eigenvalue weighted by Crippen LogP contribution is 2.29. The Labute approximate surface area is 147 Å². The third-order valence-electron chi connectivity index (χ3n) is 4.09. The summed E-state index contributed by atoms with van der Waals surface area (Å²) >= 11 is 1.52. The molecule has 1 aliphatic heterocycles. The maximum absolute atomic E-state index is 12.3. The number of hydrogen-bond donors (Lipinski definition) is 1. The average molecular weight is 342 g/mol. The molecule has 0 bridgehead atoms.